The topological polar surface area (TPSA) is 51.0 Å². The van der Waals surface area contributed by atoms with Crippen molar-refractivity contribution < 1.29 is 4.74 Å². The van der Waals surface area contributed by atoms with Crippen LogP contribution in [0.4, 0.5) is 0 Å². The zero-order valence-corrected chi connectivity index (χ0v) is 9.39. The van der Waals surface area contributed by atoms with Gasteiger partial charge in [0.2, 0.25) is 0 Å². The largest absolute Gasteiger partial charge is 0.497 e. The van der Waals surface area contributed by atoms with Gasteiger partial charge < -0.3 is 15.5 Å². The molecule has 1 aromatic carbocycles. The predicted molar refractivity (Wildman–Crippen MR) is 60.4 cm³/mol. The highest BCUT2D eigenvalue weighted by Crippen LogP contribution is 2.28. The number of halogens is 1. The first-order chi connectivity index (χ1) is 6.76. The van der Waals surface area contributed by atoms with Crippen LogP contribution in [0.15, 0.2) is 22.8 Å². The van der Waals surface area contributed by atoms with Crippen molar-refractivity contribution in [3.8, 4) is 5.75 Å². The molecule has 0 saturated carbocycles. The fourth-order valence-corrected chi connectivity index (χ4v) is 2.11. The van der Waals surface area contributed by atoms with Crippen LogP contribution < -0.4 is 10.5 Å². The van der Waals surface area contributed by atoms with Gasteiger partial charge in [-0.3, -0.25) is 0 Å². The van der Waals surface area contributed by atoms with Gasteiger partial charge in [-0.15, -0.1) is 0 Å². The van der Waals surface area contributed by atoms with Crippen LogP contribution in [-0.2, 0) is 6.54 Å². The lowest BCUT2D eigenvalue weighted by Gasteiger charge is -1.99. The molecule has 14 heavy (non-hydrogen) atoms. The molecule has 2 rings (SSSR count). The Morgan fingerprint density at radius 3 is 2.93 bits per heavy atom. The first kappa shape index (κ1) is 9.55. The van der Waals surface area contributed by atoms with Gasteiger partial charge in [-0.2, -0.15) is 0 Å². The average Bonchev–Trinajstić information content (AvgIpc) is 2.52. The van der Waals surface area contributed by atoms with Crippen molar-refractivity contribution in [2.24, 2.45) is 5.73 Å². The van der Waals surface area contributed by atoms with Crippen molar-refractivity contribution >= 4 is 26.8 Å². The summed E-state index contributed by atoms with van der Waals surface area (Å²) < 4.78 is 6.11. The summed E-state index contributed by atoms with van der Waals surface area (Å²) >= 11 is 3.44. The smallest absolute Gasteiger partial charge is 0.119 e. The van der Waals surface area contributed by atoms with Crippen molar-refractivity contribution in [2.75, 3.05) is 7.11 Å². The molecule has 0 aliphatic heterocycles. The van der Waals surface area contributed by atoms with Crippen LogP contribution in [0, 0.1) is 0 Å². The number of H-pyrrole nitrogens is 1. The number of nitrogens with two attached hydrogens (primary N) is 1. The second kappa shape index (κ2) is 3.63. The molecule has 0 spiro atoms. The van der Waals surface area contributed by atoms with E-state index >= 15 is 0 Å². The maximum Gasteiger partial charge on any atom is 0.119 e. The quantitative estimate of drug-likeness (QED) is 0.865. The molecule has 74 valence electrons. The van der Waals surface area contributed by atoms with E-state index < -0.39 is 0 Å². The molecule has 0 unspecified atom stereocenters. The zero-order valence-electron chi connectivity index (χ0n) is 7.80. The van der Waals surface area contributed by atoms with Gasteiger partial charge in [0, 0.05) is 23.0 Å². The Labute approximate surface area is 90.4 Å². The number of nitrogens with one attached hydrogen (secondary N) is 1. The second-order valence-corrected chi connectivity index (χ2v) is 3.83. The molecular formula is C10H11BrN2O. The molecule has 0 radical (unpaired) electrons. The van der Waals surface area contributed by atoms with Gasteiger partial charge in [0.15, 0.2) is 0 Å². The van der Waals surface area contributed by atoms with Crippen LogP contribution in [0.25, 0.3) is 10.9 Å². The van der Waals surface area contributed by atoms with E-state index in [9.17, 15) is 0 Å². The average molecular weight is 255 g/mol. The Hall–Kier alpha value is -1.00. The first-order valence-corrected chi connectivity index (χ1v) is 5.09. The number of hydrogen-bond acceptors (Lipinski definition) is 2. The van der Waals surface area contributed by atoms with E-state index in [1.165, 1.54) is 0 Å². The molecule has 0 amide bonds. The lowest BCUT2D eigenvalue weighted by atomic mass is 10.2. The molecule has 1 aromatic heterocycles. The molecule has 0 bridgehead atoms. The van der Waals surface area contributed by atoms with E-state index in [1.807, 2.05) is 18.2 Å². The normalized spacial score (nSPS) is 10.8. The highest BCUT2D eigenvalue weighted by atomic mass is 79.9. The van der Waals surface area contributed by atoms with Crippen LogP contribution in [0.2, 0.25) is 0 Å². The summed E-state index contributed by atoms with van der Waals surface area (Å²) in [5, 5.41) is 1.11. The molecule has 3 nitrogen and oxygen atoms in total. The number of ether oxygens (including phenoxy) is 1. The standard InChI is InChI=1S/C10H11BrN2O/c1-14-6-2-3-9-7(4-6)8(5-12)10(11)13-9/h2-4,13H,5,12H2,1H3. The molecule has 2 aromatic rings. The third-order valence-corrected chi connectivity index (χ3v) is 2.94. The molecule has 4 heteroatoms. The zero-order chi connectivity index (χ0) is 10.1. The minimum atomic E-state index is 0.508. The van der Waals surface area contributed by atoms with Gasteiger partial charge in [0.05, 0.1) is 11.7 Å². The third kappa shape index (κ3) is 1.40. The Kier molecular flexibility index (Phi) is 2.48. The molecule has 0 fully saturated rings. The van der Waals surface area contributed by atoms with E-state index in [4.69, 9.17) is 10.5 Å². The summed E-state index contributed by atoms with van der Waals surface area (Å²) in [5.74, 6) is 0.846. The van der Waals surface area contributed by atoms with Gasteiger partial charge in [-0.1, -0.05) is 0 Å². The van der Waals surface area contributed by atoms with Crippen LogP contribution >= 0.6 is 15.9 Å². The molecular weight excluding hydrogens is 244 g/mol. The summed E-state index contributed by atoms with van der Waals surface area (Å²) in [5.41, 5.74) is 7.81. The third-order valence-electron chi connectivity index (χ3n) is 2.27. The highest BCUT2D eigenvalue weighted by Gasteiger charge is 2.08. The first-order valence-electron chi connectivity index (χ1n) is 4.30. The van der Waals surface area contributed by atoms with Gasteiger partial charge in [0.25, 0.3) is 0 Å². The summed E-state index contributed by atoms with van der Waals surface area (Å²) in [7, 11) is 1.66. The molecule has 0 saturated heterocycles. The fourth-order valence-electron chi connectivity index (χ4n) is 1.52. The van der Waals surface area contributed by atoms with Crippen molar-refractivity contribution in [2.45, 2.75) is 6.54 Å². The summed E-state index contributed by atoms with van der Waals surface area (Å²) in [6.45, 7) is 0.508. The summed E-state index contributed by atoms with van der Waals surface area (Å²) in [6.07, 6.45) is 0. The Balaban J connectivity index is 2.71. The molecule has 0 aliphatic rings. The fraction of sp³-hybridized carbons (Fsp3) is 0.200. The van der Waals surface area contributed by atoms with E-state index in [0.29, 0.717) is 6.54 Å². The minimum absolute atomic E-state index is 0.508. The maximum absolute atomic E-state index is 5.66. The van der Waals surface area contributed by atoms with Crippen LogP contribution in [0.1, 0.15) is 5.56 Å². The number of benzene rings is 1. The van der Waals surface area contributed by atoms with Crippen molar-refractivity contribution in [3.63, 3.8) is 0 Å². The van der Waals surface area contributed by atoms with Crippen molar-refractivity contribution in [1.29, 1.82) is 0 Å². The Bertz CT molecular complexity index is 464. The van der Waals surface area contributed by atoms with Gasteiger partial charge in [-0.05, 0) is 34.1 Å². The van der Waals surface area contributed by atoms with Crippen LogP contribution in [0.5, 0.6) is 5.75 Å². The van der Waals surface area contributed by atoms with Gasteiger partial charge >= 0.3 is 0 Å². The van der Waals surface area contributed by atoms with Crippen LogP contribution in [0.3, 0.4) is 0 Å². The van der Waals surface area contributed by atoms with Gasteiger partial charge in [-0.25, -0.2) is 0 Å². The second-order valence-electron chi connectivity index (χ2n) is 3.03. The molecule has 3 N–H and O–H groups in total. The number of hydrogen-bond donors (Lipinski definition) is 2. The minimum Gasteiger partial charge on any atom is -0.497 e. The van der Waals surface area contributed by atoms with Crippen molar-refractivity contribution in [3.05, 3.63) is 28.4 Å². The number of rotatable bonds is 2. The molecule has 0 atom stereocenters. The Morgan fingerprint density at radius 1 is 1.50 bits per heavy atom. The van der Waals surface area contributed by atoms with Crippen LogP contribution in [-0.4, -0.2) is 12.1 Å². The van der Waals surface area contributed by atoms with E-state index in [2.05, 4.69) is 20.9 Å². The van der Waals surface area contributed by atoms with E-state index in [0.717, 1.165) is 26.8 Å². The Morgan fingerprint density at radius 2 is 2.29 bits per heavy atom. The number of aromatic amines is 1. The maximum atomic E-state index is 5.66. The number of fused-ring (bicyclic) bond motifs is 1. The lowest BCUT2D eigenvalue weighted by molar-refractivity contribution is 0.415. The monoisotopic (exact) mass is 254 g/mol. The number of methoxy groups -OCH3 is 1. The van der Waals surface area contributed by atoms with Crippen molar-refractivity contribution in [1.82, 2.24) is 4.98 Å². The van der Waals surface area contributed by atoms with E-state index in [1.54, 1.807) is 7.11 Å². The van der Waals surface area contributed by atoms with E-state index in [-0.39, 0.29) is 0 Å². The number of aromatic nitrogens is 1. The highest BCUT2D eigenvalue weighted by molar-refractivity contribution is 9.10. The summed E-state index contributed by atoms with van der Waals surface area (Å²) in [6, 6.07) is 5.89. The SMILES string of the molecule is COc1ccc2[nH]c(Br)c(CN)c2c1. The lowest BCUT2D eigenvalue weighted by Crippen LogP contribution is -1.95. The predicted octanol–water partition coefficient (Wildman–Crippen LogP) is 2.40. The molecule has 0 aliphatic carbocycles. The van der Waals surface area contributed by atoms with Gasteiger partial charge in [0.1, 0.15) is 5.75 Å². The summed E-state index contributed by atoms with van der Waals surface area (Å²) in [4.78, 5) is 3.21. The molecule has 1 heterocycles.